The molecule has 1 rings (SSSR count). The third kappa shape index (κ3) is 2.42. The van der Waals surface area contributed by atoms with Gasteiger partial charge in [0.2, 0.25) is 0 Å². The van der Waals surface area contributed by atoms with E-state index in [2.05, 4.69) is 21.2 Å². The molecule has 0 aliphatic carbocycles. The number of carbonyl (C=O) groups is 1. The van der Waals surface area contributed by atoms with Crippen LogP contribution in [0.3, 0.4) is 0 Å². The molecule has 2 nitrogen and oxygen atoms in total. The second-order valence-corrected chi connectivity index (χ2v) is 4.38. The van der Waals surface area contributed by atoms with Gasteiger partial charge in [-0.3, -0.25) is 0 Å². The van der Waals surface area contributed by atoms with Crippen LogP contribution in [0.1, 0.15) is 18.9 Å². The van der Waals surface area contributed by atoms with Gasteiger partial charge in [-0.1, -0.05) is 28.1 Å². The molecule has 0 saturated heterocycles. The van der Waals surface area contributed by atoms with Gasteiger partial charge in [0.1, 0.15) is 6.29 Å². The molecular weight excluding hydrogens is 242 g/mol. The maximum atomic E-state index is 10.6. The van der Waals surface area contributed by atoms with E-state index in [-0.39, 0.29) is 5.54 Å². The van der Waals surface area contributed by atoms with Crippen molar-refractivity contribution in [3.8, 4) is 0 Å². The van der Waals surface area contributed by atoms with Gasteiger partial charge in [0.25, 0.3) is 0 Å². The third-order valence-electron chi connectivity index (χ3n) is 2.51. The van der Waals surface area contributed by atoms with Crippen molar-refractivity contribution in [1.29, 1.82) is 0 Å². The Hall–Kier alpha value is -0.670. The van der Waals surface area contributed by atoms with E-state index in [1.165, 1.54) is 0 Å². The lowest BCUT2D eigenvalue weighted by atomic mass is 9.89. The summed E-state index contributed by atoms with van der Waals surface area (Å²) in [6, 6.07) is 7.99. The molecule has 0 aliphatic heterocycles. The molecule has 0 saturated carbocycles. The second-order valence-electron chi connectivity index (χ2n) is 3.46. The molecule has 1 aromatic carbocycles. The first kappa shape index (κ1) is 11.4. The molecule has 0 aromatic heterocycles. The van der Waals surface area contributed by atoms with E-state index in [1.807, 2.05) is 38.2 Å². The summed E-state index contributed by atoms with van der Waals surface area (Å²) in [5.41, 5.74) is 0.840. The Kier molecular flexibility index (Phi) is 3.84. The van der Waals surface area contributed by atoms with Gasteiger partial charge in [0.15, 0.2) is 0 Å². The fourth-order valence-corrected chi connectivity index (χ4v) is 1.76. The lowest BCUT2D eigenvalue weighted by molar-refractivity contribution is -0.109. The molecular formula is C11H14BrNO. The van der Waals surface area contributed by atoms with Gasteiger partial charge in [-0.15, -0.1) is 0 Å². The number of carbonyl (C=O) groups excluding carboxylic acids is 1. The number of rotatable bonds is 4. The molecule has 0 aliphatic rings. The average molecular weight is 256 g/mol. The van der Waals surface area contributed by atoms with Gasteiger partial charge in [0.05, 0.1) is 0 Å². The number of benzene rings is 1. The van der Waals surface area contributed by atoms with Crippen molar-refractivity contribution < 1.29 is 4.79 Å². The zero-order chi connectivity index (χ0) is 10.6. The summed E-state index contributed by atoms with van der Waals surface area (Å²) < 4.78 is 1.03. The Morgan fingerprint density at radius 1 is 1.57 bits per heavy atom. The maximum absolute atomic E-state index is 10.6. The molecule has 14 heavy (non-hydrogen) atoms. The maximum Gasteiger partial charge on any atom is 0.122 e. The average Bonchev–Trinajstić information content (AvgIpc) is 2.18. The molecule has 0 bridgehead atoms. The van der Waals surface area contributed by atoms with Gasteiger partial charge in [0, 0.05) is 16.4 Å². The van der Waals surface area contributed by atoms with Gasteiger partial charge < -0.3 is 10.1 Å². The zero-order valence-electron chi connectivity index (χ0n) is 8.38. The molecule has 0 fully saturated rings. The predicted octanol–water partition coefficient (Wildman–Crippen LogP) is 2.47. The highest BCUT2D eigenvalue weighted by Gasteiger charge is 2.23. The van der Waals surface area contributed by atoms with Crippen LogP contribution in [0.15, 0.2) is 28.7 Å². The van der Waals surface area contributed by atoms with Crippen LogP contribution in [0, 0.1) is 0 Å². The summed E-state index contributed by atoms with van der Waals surface area (Å²) >= 11 is 3.42. The summed E-state index contributed by atoms with van der Waals surface area (Å²) in [7, 11) is 1.87. The molecule has 1 aromatic rings. The Labute approximate surface area is 92.8 Å². The van der Waals surface area contributed by atoms with Crippen molar-refractivity contribution in [1.82, 2.24) is 5.32 Å². The van der Waals surface area contributed by atoms with Crippen molar-refractivity contribution in [2.24, 2.45) is 0 Å². The van der Waals surface area contributed by atoms with Crippen molar-refractivity contribution in [3.63, 3.8) is 0 Å². The number of aldehydes is 1. The molecule has 0 heterocycles. The van der Waals surface area contributed by atoms with Crippen LogP contribution in [0.4, 0.5) is 0 Å². The van der Waals surface area contributed by atoms with E-state index in [4.69, 9.17) is 0 Å². The minimum absolute atomic E-state index is 0.272. The van der Waals surface area contributed by atoms with Crippen LogP contribution >= 0.6 is 15.9 Å². The Morgan fingerprint density at radius 3 is 2.79 bits per heavy atom. The standard InChI is InChI=1S/C11H14BrNO/c1-11(13-2,6-7-14)9-4-3-5-10(12)8-9/h3-5,7-8,13H,6H2,1-2H3. The number of halogens is 1. The largest absolute Gasteiger partial charge is 0.310 e. The summed E-state index contributed by atoms with van der Waals surface area (Å²) in [5, 5.41) is 3.17. The van der Waals surface area contributed by atoms with Gasteiger partial charge >= 0.3 is 0 Å². The first-order valence-corrected chi connectivity index (χ1v) is 5.30. The van der Waals surface area contributed by atoms with E-state index in [0.717, 1.165) is 16.3 Å². The highest BCUT2D eigenvalue weighted by Crippen LogP contribution is 2.25. The first-order valence-electron chi connectivity index (χ1n) is 4.51. The van der Waals surface area contributed by atoms with E-state index < -0.39 is 0 Å². The number of hydrogen-bond donors (Lipinski definition) is 1. The van der Waals surface area contributed by atoms with Crippen molar-refractivity contribution >= 4 is 22.2 Å². The highest BCUT2D eigenvalue weighted by molar-refractivity contribution is 9.10. The van der Waals surface area contributed by atoms with Gasteiger partial charge in [-0.05, 0) is 31.7 Å². The predicted molar refractivity (Wildman–Crippen MR) is 61.2 cm³/mol. The van der Waals surface area contributed by atoms with Gasteiger partial charge in [-0.25, -0.2) is 0 Å². The topological polar surface area (TPSA) is 29.1 Å². The molecule has 0 spiro atoms. The van der Waals surface area contributed by atoms with Crippen molar-refractivity contribution in [2.75, 3.05) is 7.05 Å². The lowest BCUT2D eigenvalue weighted by Gasteiger charge is -2.27. The molecule has 0 amide bonds. The summed E-state index contributed by atoms with van der Waals surface area (Å²) in [4.78, 5) is 10.6. The van der Waals surface area contributed by atoms with Crippen LogP contribution in [-0.4, -0.2) is 13.3 Å². The van der Waals surface area contributed by atoms with Crippen LogP contribution in [0.2, 0.25) is 0 Å². The second kappa shape index (κ2) is 4.71. The lowest BCUT2D eigenvalue weighted by Crippen LogP contribution is -2.37. The van der Waals surface area contributed by atoms with Crippen LogP contribution in [-0.2, 0) is 10.3 Å². The highest BCUT2D eigenvalue weighted by atomic mass is 79.9. The first-order chi connectivity index (χ1) is 6.62. The number of nitrogens with one attached hydrogen (secondary N) is 1. The van der Waals surface area contributed by atoms with E-state index >= 15 is 0 Å². The Bertz CT molecular complexity index is 327. The summed E-state index contributed by atoms with van der Waals surface area (Å²) in [5.74, 6) is 0. The molecule has 0 radical (unpaired) electrons. The summed E-state index contributed by atoms with van der Waals surface area (Å²) in [6.07, 6.45) is 1.41. The molecule has 1 N–H and O–H groups in total. The zero-order valence-corrected chi connectivity index (χ0v) is 9.97. The molecule has 1 atom stereocenters. The molecule has 3 heteroatoms. The van der Waals surface area contributed by atoms with E-state index in [0.29, 0.717) is 6.42 Å². The van der Waals surface area contributed by atoms with Crippen LogP contribution in [0.25, 0.3) is 0 Å². The molecule has 1 unspecified atom stereocenters. The quantitative estimate of drug-likeness (QED) is 0.838. The summed E-state index contributed by atoms with van der Waals surface area (Å²) in [6.45, 7) is 2.02. The monoisotopic (exact) mass is 255 g/mol. The van der Waals surface area contributed by atoms with Crippen LogP contribution in [0.5, 0.6) is 0 Å². The van der Waals surface area contributed by atoms with Crippen molar-refractivity contribution in [3.05, 3.63) is 34.3 Å². The van der Waals surface area contributed by atoms with E-state index in [1.54, 1.807) is 0 Å². The van der Waals surface area contributed by atoms with Crippen molar-refractivity contribution in [2.45, 2.75) is 18.9 Å². The Morgan fingerprint density at radius 2 is 2.29 bits per heavy atom. The third-order valence-corrected chi connectivity index (χ3v) is 3.00. The SMILES string of the molecule is CNC(C)(CC=O)c1cccc(Br)c1. The number of hydrogen-bond acceptors (Lipinski definition) is 2. The minimum Gasteiger partial charge on any atom is -0.310 e. The van der Waals surface area contributed by atoms with Crippen LogP contribution < -0.4 is 5.32 Å². The minimum atomic E-state index is -0.272. The smallest absolute Gasteiger partial charge is 0.122 e. The fraction of sp³-hybridized carbons (Fsp3) is 0.364. The Balaban J connectivity index is 3.05. The molecule has 76 valence electrons. The normalized spacial score (nSPS) is 14.8. The fourth-order valence-electron chi connectivity index (χ4n) is 1.36. The van der Waals surface area contributed by atoms with E-state index in [9.17, 15) is 4.79 Å². The van der Waals surface area contributed by atoms with Gasteiger partial charge in [-0.2, -0.15) is 0 Å².